The number of rotatable bonds is 6. The summed E-state index contributed by atoms with van der Waals surface area (Å²) in [6, 6.07) is 0. The number of pyridine rings is 1. The summed E-state index contributed by atoms with van der Waals surface area (Å²) in [6.07, 6.45) is 0. The molecule has 2 aromatic rings. The zero-order valence-electron chi connectivity index (χ0n) is 16.7. The monoisotopic (exact) mass is 387 g/mol. The van der Waals surface area contributed by atoms with Crippen molar-refractivity contribution in [3.05, 3.63) is 44.9 Å². The molecule has 0 aliphatic carbocycles. The lowest BCUT2D eigenvalue weighted by molar-refractivity contribution is 0.0981. The molecule has 0 aliphatic heterocycles. The van der Waals surface area contributed by atoms with Crippen LogP contribution in [0.5, 0.6) is 0 Å². The quantitative estimate of drug-likeness (QED) is 0.582. The zero-order chi connectivity index (χ0) is 20.6. The first-order valence-corrected chi connectivity index (χ1v) is 9.53. The number of nitrogens with zero attached hydrogens (tertiary/aromatic N) is 1. The lowest BCUT2D eigenvalue weighted by atomic mass is 10.0. The number of carbonyl (C=O) groups is 3. The van der Waals surface area contributed by atoms with Gasteiger partial charge in [0.05, 0.1) is 16.5 Å². The topological polar surface area (TPSA) is 106 Å². The number of aromatic nitrogens is 2. The predicted octanol–water partition coefficient (Wildman–Crippen LogP) is 3.62. The highest BCUT2D eigenvalue weighted by Gasteiger charge is 2.27. The standard InChI is InChI=1S/C20H25N3O3S/c1-8-9(2)16(19(21)26)20(23-11(8)4)27-14(7)18(25)17-10(3)15(13(6)24)12(5)22-17/h14,22H,1-7H3,(H2,21,26)/t14-/m0/s1. The van der Waals surface area contributed by atoms with Gasteiger partial charge in [0.25, 0.3) is 5.91 Å². The third kappa shape index (κ3) is 3.83. The molecule has 3 N–H and O–H groups in total. The molecule has 2 rings (SSSR count). The molecule has 1 amide bonds. The molecule has 6 nitrogen and oxygen atoms in total. The Morgan fingerprint density at radius 1 is 1.00 bits per heavy atom. The molecule has 0 bridgehead atoms. The largest absolute Gasteiger partial charge is 0.366 e. The van der Waals surface area contributed by atoms with E-state index in [0.29, 0.717) is 33.1 Å². The van der Waals surface area contributed by atoms with Gasteiger partial charge in [-0.2, -0.15) is 0 Å². The number of nitrogens with one attached hydrogen (secondary N) is 1. The smallest absolute Gasteiger partial charge is 0.251 e. The van der Waals surface area contributed by atoms with E-state index in [4.69, 9.17) is 5.73 Å². The number of amides is 1. The molecule has 27 heavy (non-hydrogen) atoms. The molecule has 0 saturated carbocycles. The van der Waals surface area contributed by atoms with Crippen LogP contribution < -0.4 is 5.73 Å². The van der Waals surface area contributed by atoms with Gasteiger partial charge in [-0.15, -0.1) is 0 Å². The molecular formula is C20H25N3O3S. The Labute approximate surface area is 163 Å². The lowest BCUT2D eigenvalue weighted by Gasteiger charge is -2.16. The van der Waals surface area contributed by atoms with Crippen molar-refractivity contribution in [2.24, 2.45) is 5.73 Å². The molecule has 0 aromatic carbocycles. The van der Waals surface area contributed by atoms with Gasteiger partial charge in [-0.25, -0.2) is 4.98 Å². The van der Waals surface area contributed by atoms with Gasteiger partial charge < -0.3 is 10.7 Å². The van der Waals surface area contributed by atoms with E-state index in [1.54, 1.807) is 20.8 Å². The molecule has 0 unspecified atom stereocenters. The van der Waals surface area contributed by atoms with E-state index < -0.39 is 11.2 Å². The maximum absolute atomic E-state index is 13.0. The van der Waals surface area contributed by atoms with Crippen LogP contribution in [0.3, 0.4) is 0 Å². The Kier molecular flexibility index (Phi) is 5.94. The van der Waals surface area contributed by atoms with Crippen molar-refractivity contribution < 1.29 is 14.4 Å². The minimum Gasteiger partial charge on any atom is -0.366 e. The number of hydrogen-bond acceptors (Lipinski definition) is 5. The first-order chi connectivity index (χ1) is 12.5. The average Bonchev–Trinajstić information content (AvgIpc) is 2.86. The fourth-order valence-electron chi connectivity index (χ4n) is 3.24. The van der Waals surface area contributed by atoms with Gasteiger partial charge >= 0.3 is 0 Å². The van der Waals surface area contributed by atoms with Crippen LogP contribution in [-0.4, -0.2) is 32.7 Å². The zero-order valence-corrected chi connectivity index (χ0v) is 17.6. The van der Waals surface area contributed by atoms with Gasteiger partial charge in [0, 0.05) is 17.0 Å². The molecule has 2 heterocycles. The van der Waals surface area contributed by atoms with Crippen molar-refractivity contribution in [3.63, 3.8) is 0 Å². The van der Waals surface area contributed by atoms with Gasteiger partial charge in [-0.3, -0.25) is 14.4 Å². The van der Waals surface area contributed by atoms with E-state index in [0.717, 1.165) is 16.8 Å². The maximum atomic E-state index is 13.0. The summed E-state index contributed by atoms with van der Waals surface area (Å²) in [5.74, 6) is -0.791. The normalized spacial score (nSPS) is 12.1. The molecule has 144 valence electrons. The second kappa shape index (κ2) is 7.68. The van der Waals surface area contributed by atoms with E-state index in [1.807, 2.05) is 20.8 Å². The number of ketones is 2. The number of aromatic amines is 1. The molecule has 0 radical (unpaired) electrons. The molecule has 0 saturated heterocycles. The van der Waals surface area contributed by atoms with Gasteiger partial charge in [0.15, 0.2) is 11.6 Å². The summed E-state index contributed by atoms with van der Waals surface area (Å²) in [6.45, 7) is 12.4. The van der Waals surface area contributed by atoms with E-state index in [9.17, 15) is 14.4 Å². The van der Waals surface area contributed by atoms with E-state index >= 15 is 0 Å². The molecular weight excluding hydrogens is 362 g/mol. The highest BCUT2D eigenvalue weighted by Crippen LogP contribution is 2.32. The Bertz CT molecular complexity index is 960. The van der Waals surface area contributed by atoms with Crippen LogP contribution in [0.2, 0.25) is 0 Å². The van der Waals surface area contributed by atoms with Crippen LogP contribution in [-0.2, 0) is 0 Å². The summed E-state index contributed by atoms with van der Waals surface area (Å²) in [5, 5.41) is -0.0506. The number of primary amides is 1. The maximum Gasteiger partial charge on any atom is 0.251 e. The van der Waals surface area contributed by atoms with Crippen molar-refractivity contribution in [1.82, 2.24) is 9.97 Å². The molecule has 0 aliphatic rings. The number of Topliss-reactive ketones (excluding diaryl/α,β-unsaturated/α-hetero) is 2. The minimum absolute atomic E-state index is 0.0805. The van der Waals surface area contributed by atoms with Gasteiger partial charge in [0.1, 0.15) is 5.03 Å². The number of aryl methyl sites for hydroxylation is 2. The Hall–Kier alpha value is -2.41. The SMILES string of the molecule is CC(=O)c1c(C)[nH]c(C(=O)[C@H](C)Sc2nc(C)c(C)c(C)c2C(N)=O)c1C. The van der Waals surface area contributed by atoms with E-state index in [-0.39, 0.29) is 11.6 Å². The van der Waals surface area contributed by atoms with Crippen LogP contribution in [0.4, 0.5) is 0 Å². The first kappa shape index (κ1) is 20.9. The number of H-pyrrole nitrogens is 1. The third-order valence-electron chi connectivity index (χ3n) is 4.90. The second-order valence-electron chi connectivity index (χ2n) is 6.80. The molecule has 0 spiro atoms. The Morgan fingerprint density at radius 3 is 2.07 bits per heavy atom. The van der Waals surface area contributed by atoms with E-state index in [2.05, 4.69) is 9.97 Å². The molecule has 2 aromatic heterocycles. The van der Waals surface area contributed by atoms with E-state index in [1.165, 1.54) is 18.7 Å². The van der Waals surface area contributed by atoms with Crippen LogP contribution in [0.15, 0.2) is 5.03 Å². The predicted molar refractivity (Wildman–Crippen MR) is 107 cm³/mol. The van der Waals surface area contributed by atoms with Gasteiger partial charge in [-0.05, 0) is 65.2 Å². The molecule has 7 heteroatoms. The van der Waals surface area contributed by atoms with Crippen molar-refractivity contribution >= 4 is 29.2 Å². The van der Waals surface area contributed by atoms with Crippen LogP contribution in [0, 0.1) is 34.6 Å². The molecule has 0 fully saturated rings. The summed E-state index contributed by atoms with van der Waals surface area (Å²) >= 11 is 1.20. The Balaban J connectivity index is 2.43. The van der Waals surface area contributed by atoms with Crippen LogP contribution >= 0.6 is 11.8 Å². The highest BCUT2D eigenvalue weighted by molar-refractivity contribution is 8.00. The number of carbonyl (C=O) groups excluding carboxylic acids is 3. The van der Waals surface area contributed by atoms with Crippen molar-refractivity contribution in [1.29, 1.82) is 0 Å². The summed E-state index contributed by atoms with van der Waals surface area (Å²) in [7, 11) is 0. The van der Waals surface area contributed by atoms with Crippen LogP contribution in [0.1, 0.15) is 73.1 Å². The second-order valence-corrected chi connectivity index (χ2v) is 8.13. The minimum atomic E-state index is -0.559. The van der Waals surface area contributed by atoms with Crippen molar-refractivity contribution in [2.75, 3.05) is 0 Å². The van der Waals surface area contributed by atoms with Crippen LogP contribution in [0.25, 0.3) is 0 Å². The fourth-order valence-corrected chi connectivity index (χ4v) is 4.36. The van der Waals surface area contributed by atoms with Gasteiger partial charge in [0.2, 0.25) is 0 Å². The first-order valence-electron chi connectivity index (χ1n) is 8.65. The Morgan fingerprint density at radius 2 is 1.59 bits per heavy atom. The number of nitrogens with two attached hydrogens (primary N) is 1. The lowest BCUT2D eigenvalue weighted by Crippen LogP contribution is -2.20. The van der Waals surface area contributed by atoms with Crippen molar-refractivity contribution in [2.45, 2.75) is 58.7 Å². The number of thioether (sulfide) groups is 1. The fraction of sp³-hybridized carbons (Fsp3) is 0.400. The summed E-state index contributed by atoms with van der Waals surface area (Å²) in [4.78, 5) is 44.2. The summed E-state index contributed by atoms with van der Waals surface area (Å²) < 4.78 is 0. The van der Waals surface area contributed by atoms with Gasteiger partial charge in [-0.1, -0.05) is 11.8 Å². The molecule has 1 atom stereocenters. The van der Waals surface area contributed by atoms with Crippen molar-refractivity contribution in [3.8, 4) is 0 Å². The number of hydrogen-bond donors (Lipinski definition) is 2. The third-order valence-corrected chi connectivity index (χ3v) is 5.99. The highest BCUT2D eigenvalue weighted by atomic mass is 32.2. The average molecular weight is 388 g/mol. The summed E-state index contributed by atoms with van der Waals surface area (Å²) in [5.41, 5.74) is 10.7.